The van der Waals surface area contributed by atoms with Crippen LogP contribution in [-0.2, 0) is 17.8 Å². The predicted octanol–water partition coefficient (Wildman–Crippen LogP) is 2.34. The SMILES string of the molecule is CCc1nc(CN2CCN(C(=O)CC3CCCN3)CC2)cs1.Cl.Cl. The summed E-state index contributed by atoms with van der Waals surface area (Å²) in [6, 6.07) is 0.410. The summed E-state index contributed by atoms with van der Waals surface area (Å²) in [5.41, 5.74) is 1.18. The van der Waals surface area contributed by atoms with E-state index in [4.69, 9.17) is 0 Å². The summed E-state index contributed by atoms with van der Waals surface area (Å²) < 4.78 is 0. The lowest BCUT2D eigenvalue weighted by Gasteiger charge is -2.34. The van der Waals surface area contributed by atoms with E-state index in [9.17, 15) is 4.79 Å². The molecule has 0 aromatic carbocycles. The Morgan fingerprint density at radius 3 is 2.67 bits per heavy atom. The van der Waals surface area contributed by atoms with Crippen LogP contribution in [0.2, 0.25) is 0 Å². The molecule has 1 unspecified atom stereocenters. The molecule has 1 N–H and O–H groups in total. The third-order valence-corrected chi connectivity index (χ3v) is 5.64. The van der Waals surface area contributed by atoms with E-state index in [-0.39, 0.29) is 24.8 Å². The van der Waals surface area contributed by atoms with Gasteiger partial charge in [-0.25, -0.2) is 4.98 Å². The van der Waals surface area contributed by atoms with Crippen molar-refractivity contribution in [1.82, 2.24) is 20.1 Å². The van der Waals surface area contributed by atoms with Gasteiger partial charge < -0.3 is 10.2 Å². The van der Waals surface area contributed by atoms with Gasteiger partial charge in [-0.3, -0.25) is 9.69 Å². The van der Waals surface area contributed by atoms with Crippen LogP contribution in [-0.4, -0.2) is 59.5 Å². The van der Waals surface area contributed by atoms with Crippen molar-refractivity contribution >= 4 is 42.1 Å². The van der Waals surface area contributed by atoms with Crippen molar-refractivity contribution in [3.05, 3.63) is 16.1 Å². The summed E-state index contributed by atoms with van der Waals surface area (Å²) in [5.74, 6) is 0.320. The Morgan fingerprint density at radius 2 is 2.08 bits per heavy atom. The molecular weight excluding hydrogens is 367 g/mol. The Kier molecular flexibility index (Phi) is 9.52. The third-order valence-electron chi connectivity index (χ3n) is 4.60. The van der Waals surface area contributed by atoms with Crippen LogP contribution in [0.3, 0.4) is 0 Å². The average Bonchev–Trinajstić information content (AvgIpc) is 3.19. The Balaban J connectivity index is 0.00000144. The molecule has 2 aliphatic heterocycles. The highest BCUT2D eigenvalue weighted by molar-refractivity contribution is 7.09. The summed E-state index contributed by atoms with van der Waals surface area (Å²) in [4.78, 5) is 21.4. The number of thiazole rings is 1. The molecule has 1 aromatic rings. The second-order valence-corrected chi connectivity index (χ2v) is 7.18. The Hall–Kier alpha value is -0.400. The van der Waals surface area contributed by atoms with Gasteiger partial charge in [-0.05, 0) is 25.8 Å². The maximum atomic E-state index is 12.3. The fraction of sp³-hybridized carbons (Fsp3) is 0.750. The van der Waals surface area contributed by atoms with Gasteiger partial charge in [-0.2, -0.15) is 0 Å². The molecular formula is C16H28Cl2N4OS. The molecule has 1 atom stereocenters. The maximum Gasteiger partial charge on any atom is 0.224 e. The highest BCUT2D eigenvalue weighted by Gasteiger charge is 2.25. The number of hydrogen-bond acceptors (Lipinski definition) is 5. The molecule has 1 aromatic heterocycles. The van der Waals surface area contributed by atoms with Crippen molar-refractivity contribution in [2.75, 3.05) is 32.7 Å². The van der Waals surface area contributed by atoms with Crippen molar-refractivity contribution in [2.24, 2.45) is 0 Å². The predicted molar refractivity (Wildman–Crippen MR) is 103 cm³/mol. The molecule has 0 radical (unpaired) electrons. The van der Waals surface area contributed by atoms with Crippen LogP contribution in [0.5, 0.6) is 0 Å². The molecule has 3 rings (SSSR count). The Morgan fingerprint density at radius 1 is 1.33 bits per heavy atom. The van der Waals surface area contributed by atoms with Gasteiger partial charge in [0, 0.05) is 50.6 Å². The molecule has 0 spiro atoms. The number of piperazine rings is 1. The summed E-state index contributed by atoms with van der Waals surface area (Å²) in [5, 5.41) is 6.80. The summed E-state index contributed by atoms with van der Waals surface area (Å²) in [6.45, 7) is 7.77. The number of aryl methyl sites for hydroxylation is 1. The summed E-state index contributed by atoms with van der Waals surface area (Å²) in [7, 11) is 0. The van der Waals surface area contributed by atoms with Gasteiger partial charge in [0.25, 0.3) is 0 Å². The van der Waals surface area contributed by atoms with E-state index in [0.717, 1.165) is 52.1 Å². The van der Waals surface area contributed by atoms with E-state index < -0.39 is 0 Å². The maximum absolute atomic E-state index is 12.3. The second-order valence-electron chi connectivity index (χ2n) is 6.24. The minimum atomic E-state index is 0. The molecule has 1 amide bonds. The van der Waals surface area contributed by atoms with Crippen molar-refractivity contribution in [3.8, 4) is 0 Å². The zero-order chi connectivity index (χ0) is 15.4. The van der Waals surface area contributed by atoms with Crippen molar-refractivity contribution in [2.45, 2.75) is 45.2 Å². The van der Waals surface area contributed by atoms with E-state index in [1.807, 2.05) is 4.90 Å². The Labute approximate surface area is 161 Å². The fourth-order valence-electron chi connectivity index (χ4n) is 3.24. The number of carbonyl (C=O) groups is 1. The first-order chi connectivity index (χ1) is 10.7. The highest BCUT2D eigenvalue weighted by Crippen LogP contribution is 2.15. The Bertz CT molecular complexity index is 500. The topological polar surface area (TPSA) is 48.5 Å². The number of halogens is 2. The number of carbonyl (C=O) groups excluding carboxylic acids is 1. The molecule has 3 heterocycles. The average molecular weight is 395 g/mol. The smallest absolute Gasteiger partial charge is 0.224 e. The summed E-state index contributed by atoms with van der Waals surface area (Å²) in [6.07, 6.45) is 4.04. The van der Waals surface area contributed by atoms with Crippen molar-refractivity contribution in [3.63, 3.8) is 0 Å². The van der Waals surface area contributed by atoms with Gasteiger partial charge >= 0.3 is 0 Å². The van der Waals surface area contributed by atoms with Crippen LogP contribution in [0.25, 0.3) is 0 Å². The van der Waals surface area contributed by atoms with E-state index >= 15 is 0 Å². The molecule has 138 valence electrons. The third kappa shape index (κ3) is 5.85. The number of rotatable bonds is 5. The van der Waals surface area contributed by atoms with Crippen molar-refractivity contribution in [1.29, 1.82) is 0 Å². The first-order valence-corrected chi connectivity index (χ1v) is 9.29. The van der Waals surface area contributed by atoms with Crippen LogP contribution >= 0.6 is 36.2 Å². The quantitative estimate of drug-likeness (QED) is 0.832. The number of aromatic nitrogens is 1. The zero-order valence-electron chi connectivity index (χ0n) is 14.2. The zero-order valence-corrected chi connectivity index (χ0v) is 16.6. The van der Waals surface area contributed by atoms with Gasteiger partial charge in [-0.15, -0.1) is 36.2 Å². The number of hydrogen-bond donors (Lipinski definition) is 1. The summed E-state index contributed by atoms with van der Waals surface area (Å²) >= 11 is 1.75. The lowest BCUT2D eigenvalue weighted by molar-refractivity contribution is -0.133. The van der Waals surface area contributed by atoms with E-state index in [1.54, 1.807) is 11.3 Å². The molecule has 2 saturated heterocycles. The minimum absolute atomic E-state index is 0. The molecule has 0 bridgehead atoms. The van der Waals surface area contributed by atoms with Crippen molar-refractivity contribution < 1.29 is 4.79 Å². The molecule has 2 aliphatic rings. The molecule has 24 heavy (non-hydrogen) atoms. The van der Waals surface area contributed by atoms with Gasteiger partial charge in [0.15, 0.2) is 0 Å². The van der Waals surface area contributed by atoms with Crippen LogP contribution in [0.1, 0.15) is 36.9 Å². The van der Waals surface area contributed by atoms with Crippen LogP contribution in [0.15, 0.2) is 5.38 Å². The molecule has 8 heteroatoms. The van der Waals surface area contributed by atoms with Crippen LogP contribution in [0, 0.1) is 0 Å². The van der Waals surface area contributed by atoms with Gasteiger partial charge in [0.2, 0.25) is 5.91 Å². The second kappa shape index (κ2) is 10.6. The molecule has 0 saturated carbocycles. The van der Waals surface area contributed by atoms with E-state index in [1.165, 1.54) is 17.1 Å². The lowest BCUT2D eigenvalue weighted by atomic mass is 10.1. The number of nitrogens with one attached hydrogen (secondary N) is 1. The van der Waals surface area contributed by atoms with Gasteiger partial charge in [0.05, 0.1) is 10.7 Å². The fourth-order valence-corrected chi connectivity index (χ4v) is 3.98. The standard InChI is InChI=1S/C16H26N4OS.2ClH/c1-2-15-18-14(12-22-15)11-19-6-8-20(9-7-19)16(21)10-13-4-3-5-17-13;;/h12-13,17H,2-11H2,1H3;2*1H. The highest BCUT2D eigenvalue weighted by atomic mass is 35.5. The first-order valence-electron chi connectivity index (χ1n) is 8.41. The van der Waals surface area contributed by atoms with Crippen LogP contribution < -0.4 is 5.32 Å². The number of nitrogens with zero attached hydrogens (tertiary/aromatic N) is 3. The van der Waals surface area contributed by atoms with Crippen LogP contribution in [0.4, 0.5) is 0 Å². The van der Waals surface area contributed by atoms with E-state index in [0.29, 0.717) is 18.4 Å². The monoisotopic (exact) mass is 394 g/mol. The number of amides is 1. The normalized spacial score (nSPS) is 21.2. The largest absolute Gasteiger partial charge is 0.340 e. The first kappa shape index (κ1) is 21.6. The molecule has 5 nitrogen and oxygen atoms in total. The lowest BCUT2D eigenvalue weighted by Crippen LogP contribution is -2.49. The minimum Gasteiger partial charge on any atom is -0.340 e. The molecule has 2 fully saturated rings. The van der Waals surface area contributed by atoms with Gasteiger partial charge in [-0.1, -0.05) is 6.92 Å². The molecule has 0 aliphatic carbocycles. The van der Waals surface area contributed by atoms with E-state index in [2.05, 4.69) is 27.5 Å². The van der Waals surface area contributed by atoms with Gasteiger partial charge in [0.1, 0.15) is 0 Å².